The van der Waals surface area contributed by atoms with Gasteiger partial charge in [0.1, 0.15) is 0 Å². The second-order valence-corrected chi connectivity index (χ2v) is 5.78. The van der Waals surface area contributed by atoms with E-state index in [4.69, 9.17) is 5.73 Å². The number of carbonyl (C=O) groups is 1. The highest BCUT2D eigenvalue weighted by Gasteiger charge is 2.20. The second kappa shape index (κ2) is 5.58. The molecule has 0 spiro atoms. The number of thiazole rings is 1. The lowest BCUT2D eigenvalue weighted by Gasteiger charge is -2.16. The van der Waals surface area contributed by atoms with E-state index in [1.807, 2.05) is 13.8 Å². The fourth-order valence-electron chi connectivity index (χ4n) is 1.01. The number of hydrogen-bond acceptors (Lipinski definition) is 4. The van der Waals surface area contributed by atoms with Crippen LogP contribution in [0.15, 0.2) is 9.98 Å². The summed E-state index contributed by atoms with van der Waals surface area (Å²) < 4.78 is 0.884. The van der Waals surface area contributed by atoms with Crippen LogP contribution in [-0.4, -0.2) is 16.9 Å². The number of aromatic nitrogens is 1. The van der Waals surface area contributed by atoms with Gasteiger partial charge in [-0.15, -0.1) is 0 Å². The van der Waals surface area contributed by atoms with Gasteiger partial charge < -0.3 is 11.1 Å². The summed E-state index contributed by atoms with van der Waals surface area (Å²) in [5.74, 6) is -0.000368. The van der Waals surface area contributed by atoms with Crippen molar-refractivity contribution in [3.05, 3.63) is 9.98 Å². The average Bonchev–Trinajstić information content (AvgIpc) is 2.61. The summed E-state index contributed by atoms with van der Waals surface area (Å²) in [5.41, 5.74) is 5.78. The minimum Gasteiger partial charge on any atom is -0.320 e. The van der Waals surface area contributed by atoms with Gasteiger partial charge in [-0.2, -0.15) is 0 Å². The molecule has 1 rings (SSSR count). The molecule has 1 amide bonds. The van der Waals surface area contributed by atoms with Crippen LogP contribution in [0.2, 0.25) is 0 Å². The molecule has 3 N–H and O–H groups in total. The zero-order valence-corrected chi connectivity index (χ0v) is 11.1. The van der Waals surface area contributed by atoms with E-state index >= 15 is 0 Å². The summed E-state index contributed by atoms with van der Waals surface area (Å²) in [5, 5.41) is 3.27. The van der Waals surface area contributed by atoms with Crippen molar-refractivity contribution in [2.75, 3.05) is 5.32 Å². The van der Waals surface area contributed by atoms with E-state index < -0.39 is 6.04 Å². The molecule has 1 heterocycles. The maximum atomic E-state index is 11.6. The SMILES string of the molecule is CCC(C)C(N)C(=O)Nc1ncc(Br)s1. The molecule has 0 aliphatic heterocycles. The summed E-state index contributed by atoms with van der Waals surface area (Å²) in [6, 6.07) is -0.474. The lowest BCUT2D eigenvalue weighted by molar-refractivity contribution is -0.118. The van der Waals surface area contributed by atoms with E-state index in [1.54, 1.807) is 6.20 Å². The Balaban J connectivity index is 2.55. The van der Waals surface area contributed by atoms with Crippen molar-refractivity contribution < 1.29 is 4.79 Å². The van der Waals surface area contributed by atoms with Gasteiger partial charge in [0.2, 0.25) is 5.91 Å². The molecule has 4 nitrogen and oxygen atoms in total. The van der Waals surface area contributed by atoms with Gasteiger partial charge in [0, 0.05) is 0 Å². The number of carbonyl (C=O) groups excluding carboxylic acids is 1. The van der Waals surface area contributed by atoms with Gasteiger partial charge in [0.25, 0.3) is 0 Å². The molecule has 0 saturated heterocycles. The second-order valence-electron chi connectivity index (χ2n) is 3.37. The highest BCUT2D eigenvalue weighted by molar-refractivity contribution is 9.11. The van der Waals surface area contributed by atoms with Gasteiger partial charge in [-0.1, -0.05) is 31.6 Å². The van der Waals surface area contributed by atoms with E-state index in [1.165, 1.54) is 11.3 Å². The first kappa shape index (κ1) is 12.6. The van der Waals surface area contributed by atoms with Crippen molar-refractivity contribution in [3.8, 4) is 0 Å². The van der Waals surface area contributed by atoms with Crippen LogP contribution in [0, 0.1) is 5.92 Å². The molecule has 2 unspecified atom stereocenters. The maximum absolute atomic E-state index is 11.6. The first-order valence-corrected chi connectivity index (χ1v) is 6.33. The Kier molecular flexibility index (Phi) is 4.69. The molecule has 0 fully saturated rings. The lowest BCUT2D eigenvalue weighted by Crippen LogP contribution is -2.40. The number of halogens is 1. The first-order valence-electron chi connectivity index (χ1n) is 4.72. The number of amides is 1. The Labute approximate surface area is 101 Å². The third kappa shape index (κ3) is 3.55. The third-order valence-electron chi connectivity index (χ3n) is 2.27. The first-order chi connectivity index (χ1) is 7.04. The number of hydrogen-bond donors (Lipinski definition) is 2. The van der Waals surface area contributed by atoms with Crippen molar-refractivity contribution in [1.29, 1.82) is 0 Å². The molecular formula is C9H14BrN3OS. The van der Waals surface area contributed by atoms with Crippen LogP contribution in [0.1, 0.15) is 20.3 Å². The van der Waals surface area contributed by atoms with Gasteiger partial charge in [-0.3, -0.25) is 4.79 Å². The monoisotopic (exact) mass is 291 g/mol. The molecule has 2 atom stereocenters. The zero-order chi connectivity index (χ0) is 11.4. The molecule has 0 aromatic carbocycles. The smallest absolute Gasteiger partial charge is 0.243 e. The molecule has 0 radical (unpaired) electrons. The molecule has 15 heavy (non-hydrogen) atoms. The Morgan fingerprint density at radius 3 is 2.93 bits per heavy atom. The summed E-state index contributed by atoms with van der Waals surface area (Å²) in [6.07, 6.45) is 2.53. The number of nitrogens with zero attached hydrogens (tertiary/aromatic N) is 1. The minimum atomic E-state index is -0.474. The predicted molar refractivity (Wildman–Crippen MR) is 65.9 cm³/mol. The molecule has 0 saturated carbocycles. The predicted octanol–water partition coefficient (Wildman–Crippen LogP) is 2.22. The molecule has 1 aromatic rings. The fourth-order valence-corrected chi connectivity index (χ4v) is 2.12. The lowest BCUT2D eigenvalue weighted by atomic mass is 10.00. The van der Waals surface area contributed by atoms with Gasteiger partial charge in [0.15, 0.2) is 5.13 Å². The van der Waals surface area contributed by atoms with Crippen molar-refractivity contribution in [2.45, 2.75) is 26.3 Å². The maximum Gasteiger partial charge on any atom is 0.243 e. The van der Waals surface area contributed by atoms with Crippen LogP contribution in [0.4, 0.5) is 5.13 Å². The van der Waals surface area contributed by atoms with Crippen LogP contribution in [-0.2, 0) is 4.79 Å². The molecule has 1 aromatic heterocycles. The minimum absolute atomic E-state index is 0.174. The Morgan fingerprint density at radius 2 is 2.47 bits per heavy atom. The standard InChI is InChI=1S/C9H14BrN3OS/c1-3-5(2)7(11)8(14)13-9-12-4-6(10)15-9/h4-5,7H,3,11H2,1-2H3,(H,12,13,14). The Bertz CT molecular complexity index is 342. The van der Waals surface area contributed by atoms with Crippen LogP contribution in [0.5, 0.6) is 0 Å². The third-order valence-corrected chi connectivity index (χ3v) is 3.66. The molecular weight excluding hydrogens is 278 g/mol. The van der Waals surface area contributed by atoms with Crippen molar-refractivity contribution in [2.24, 2.45) is 11.7 Å². The quantitative estimate of drug-likeness (QED) is 0.894. The van der Waals surface area contributed by atoms with Crippen LogP contribution in [0.3, 0.4) is 0 Å². The van der Waals surface area contributed by atoms with Gasteiger partial charge >= 0.3 is 0 Å². The normalized spacial score (nSPS) is 14.7. The van der Waals surface area contributed by atoms with E-state index in [2.05, 4.69) is 26.2 Å². The van der Waals surface area contributed by atoms with Gasteiger partial charge in [-0.05, 0) is 21.8 Å². The number of nitrogens with two attached hydrogens (primary N) is 1. The van der Waals surface area contributed by atoms with Crippen molar-refractivity contribution in [3.63, 3.8) is 0 Å². The fraction of sp³-hybridized carbons (Fsp3) is 0.556. The number of nitrogens with one attached hydrogen (secondary N) is 1. The van der Waals surface area contributed by atoms with Crippen molar-refractivity contribution >= 4 is 38.3 Å². The van der Waals surface area contributed by atoms with Gasteiger partial charge in [-0.25, -0.2) is 4.98 Å². The average molecular weight is 292 g/mol. The Morgan fingerprint density at radius 1 is 1.80 bits per heavy atom. The van der Waals surface area contributed by atoms with Crippen LogP contribution < -0.4 is 11.1 Å². The molecule has 0 bridgehead atoms. The van der Waals surface area contributed by atoms with Crippen LogP contribution in [0.25, 0.3) is 0 Å². The topological polar surface area (TPSA) is 68.0 Å². The van der Waals surface area contributed by atoms with Crippen molar-refractivity contribution in [1.82, 2.24) is 4.98 Å². The highest BCUT2D eigenvalue weighted by Crippen LogP contribution is 2.23. The zero-order valence-electron chi connectivity index (χ0n) is 8.66. The van der Waals surface area contributed by atoms with Crippen LogP contribution >= 0.6 is 27.3 Å². The molecule has 0 aliphatic rings. The van der Waals surface area contributed by atoms with E-state index in [0.29, 0.717) is 5.13 Å². The van der Waals surface area contributed by atoms with E-state index in [-0.39, 0.29) is 11.8 Å². The molecule has 6 heteroatoms. The summed E-state index contributed by atoms with van der Waals surface area (Å²) >= 11 is 4.65. The molecule has 0 aliphatic carbocycles. The Hall–Kier alpha value is -0.460. The number of anilines is 1. The summed E-state index contributed by atoms with van der Waals surface area (Å²) in [7, 11) is 0. The molecule has 84 valence electrons. The largest absolute Gasteiger partial charge is 0.320 e. The van der Waals surface area contributed by atoms with E-state index in [9.17, 15) is 4.79 Å². The van der Waals surface area contributed by atoms with E-state index in [0.717, 1.165) is 10.2 Å². The summed E-state index contributed by atoms with van der Waals surface area (Å²) in [6.45, 7) is 3.97. The highest BCUT2D eigenvalue weighted by atomic mass is 79.9. The van der Waals surface area contributed by atoms with Gasteiger partial charge in [0.05, 0.1) is 16.0 Å². The number of rotatable bonds is 4. The summed E-state index contributed by atoms with van der Waals surface area (Å²) in [4.78, 5) is 15.6.